The summed E-state index contributed by atoms with van der Waals surface area (Å²) in [6.45, 7) is 2.41. The second-order valence-electron chi connectivity index (χ2n) is 7.70. The zero-order chi connectivity index (χ0) is 23.5. The van der Waals surface area contributed by atoms with E-state index in [2.05, 4.69) is 31.4 Å². The molecule has 4 rings (SSSR count). The van der Waals surface area contributed by atoms with E-state index < -0.39 is 11.2 Å². The molecule has 0 aliphatic carbocycles. The van der Waals surface area contributed by atoms with Crippen LogP contribution in [0.4, 0.5) is 5.95 Å². The van der Waals surface area contributed by atoms with Gasteiger partial charge in [-0.05, 0) is 40.1 Å². The van der Waals surface area contributed by atoms with Crippen LogP contribution in [-0.4, -0.2) is 24.9 Å². The fourth-order valence-electron chi connectivity index (χ4n) is 3.46. The predicted molar refractivity (Wildman–Crippen MR) is 136 cm³/mol. The van der Waals surface area contributed by atoms with Crippen LogP contribution in [0.2, 0.25) is 0 Å². The largest absolute Gasteiger partial charge is 0.332 e. The van der Waals surface area contributed by atoms with Crippen molar-refractivity contribution in [1.29, 1.82) is 0 Å². The van der Waals surface area contributed by atoms with Gasteiger partial charge in [0.2, 0.25) is 5.95 Å². The standard InChI is InChI=1S/C24H23BrN6O2/c1-16-9-11-18(12-10-16)15-31-20-21(29(2)24(33)30(3)22(20)32)27-23(31)28-26-14-19(25)13-17-7-5-4-6-8-17/h4-14H,15H2,1-3H3,(H,27,28)/b19-13+,26-14-. The number of hydrogen-bond donors (Lipinski definition) is 1. The minimum atomic E-state index is -0.434. The maximum atomic E-state index is 13.0. The molecule has 0 unspecified atom stereocenters. The molecule has 2 aromatic heterocycles. The molecule has 1 N–H and O–H groups in total. The Morgan fingerprint density at radius 2 is 1.76 bits per heavy atom. The molecule has 0 bridgehead atoms. The smallest absolute Gasteiger partial charge is 0.298 e. The van der Waals surface area contributed by atoms with Gasteiger partial charge in [0.25, 0.3) is 5.56 Å². The summed E-state index contributed by atoms with van der Waals surface area (Å²) in [4.78, 5) is 29.9. The predicted octanol–water partition coefficient (Wildman–Crippen LogP) is 3.62. The second-order valence-corrected chi connectivity index (χ2v) is 8.61. The summed E-state index contributed by atoms with van der Waals surface area (Å²) in [7, 11) is 3.06. The molecule has 0 fully saturated rings. The number of nitrogens with zero attached hydrogens (tertiary/aromatic N) is 5. The number of anilines is 1. The number of hydrogen-bond acceptors (Lipinski definition) is 5. The number of rotatable bonds is 6. The Bertz CT molecular complexity index is 1480. The van der Waals surface area contributed by atoms with Crippen molar-refractivity contribution in [3.8, 4) is 0 Å². The summed E-state index contributed by atoms with van der Waals surface area (Å²) in [5, 5.41) is 4.28. The fourth-order valence-corrected chi connectivity index (χ4v) is 3.83. The highest BCUT2D eigenvalue weighted by Gasteiger charge is 2.19. The van der Waals surface area contributed by atoms with Crippen LogP contribution in [0.25, 0.3) is 17.2 Å². The molecular formula is C24H23BrN6O2. The summed E-state index contributed by atoms with van der Waals surface area (Å²) in [5.41, 5.74) is 5.88. The highest BCUT2D eigenvalue weighted by molar-refractivity contribution is 9.12. The maximum absolute atomic E-state index is 13.0. The lowest BCUT2D eigenvalue weighted by atomic mass is 10.1. The molecule has 0 amide bonds. The number of aromatic nitrogens is 4. The third-order valence-corrected chi connectivity index (χ3v) is 5.70. The molecule has 4 aromatic rings. The van der Waals surface area contributed by atoms with Gasteiger partial charge in [0.05, 0.1) is 12.8 Å². The van der Waals surface area contributed by atoms with Crippen LogP contribution >= 0.6 is 15.9 Å². The summed E-state index contributed by atoms with van der Waals surface area (Å²) in [6, 6.07) is 17.9. The monoisotopic (exact) mass is 506 g/mol. The number of aryl methyl sites for hydroxylation is 2. The van der Waals surface area contributed by atoms with E-state index in [4.69, 9.17) is 0 Å². The zero-order valence-corrected chi connectivity index (χ0v) is 20.1. The van der Waals surface area contributed by atoms with Crippen LogP contribution in [0.3, 0.4) is 0 Å². The van der Waals surface area contributed by atoms with E-state index in [0.717, 1.165) is 25.7 Å². The van der Waals surface area contributed by atoms with Gasteiger partial charge in [-0.1, -0.05) is 60.2 Å². The number of imidazole rings is 1. The number of nitrogens with one attached hydrogen (secondary N) is 1. The van der Waals surface area contributed by atoms with Crippen molar-refractivity contribution >= 4 is 45.3 Å². The molecule has 0 atom stereocenters. The number of halogens is 1. The van der Waals surface area contributed by atoms with Gasteiger partial charge in [-0.25, -0.2) is 10.2 Å². The summed E-state index contributed by atoms with van der Waals surface area (Å²) >= 11 is 3.49. The van der Waals surface area contributed by atoms with E-state index in [1.807, 2.05) is 67.6 Å². The van der Waals surface area contributed by atoms with Crippen molar-refractivity contribution < 1.29 is 0 Å². The van der Waals surface area contributed by atoms with Crippen LogP contribution in [0.15, 0.2) is 73.8 Å². The minimum Gasteiger partial charge on any atom is -0.298 e. The van der Waals surface area contributed by atoms with E-state index in [1.54, 1.807) is 17.8 Å². The van der Waals surface area contributed by atoms with E-state index in [1.165, 1.54) is 11.6 Å². The highest BCUT2D eigenvalue weighted by atomic mass is 79.9. The van der Waals surface area contributed by atoms with Crippen LogP contribution in [0.5, 0.6) is 0 Å². The van der Waals surface area contributed by atoms with Crippen LogP contribution in [0.1, 0.15) is 16.7 Å². The normalized spacial score (nSPS) is 12.1. The van der Waals surface area contributed by atoms with Crippen molar-refractivity contribution in [2.45, 2.75) is 13.5 Å². The summed E-state index contributed by atoms with van der Waals surface area (Å²) in [5.74, 6) is 0.361. The molecule has 33 heavy (non-hydrogen) atoms. The quantitative estimate of drug-likeness (QED) is 0.319. The molecule has 0 saturated heterocycles. The van der Waals surface area contributed by atoms with Gasteiger partial charge in [0.1, 0.15) is 0 Å². The lowest BCUT2D eigenvalue weighted by molar-refractivity contribution is 0.702. The summed E-state index contributed by atoms with van der Waals surface area (Å²) in [6.07, 6.45) is 3.54. The van der Waals surface area contributed by atoms with Gasteiger partial charge >= 0.3 is 5.69 Å². The Hall–Kier alpha value is -3.72. The molecule has 0 aliphatic rings. The fraction of sp³-hybridized carbons (Fsp3) is 0.167. The minimum absolute atomic E-state index is 0.298. The van der Waals surface area contributed by atoms with Gasteiger partial charge in [-0.15, -0.1) is 0 Å². The molecule has 0 aliphatic heterocycles. The first-order valence-corrected chi connectivity index (χ1v) is 11.1. The van der Waals surface area contributed by atoms with Gasteiger partial charge < -0.3 is 0 Å². The Kier molecular flexibility index (Phi) is 6.41. The molecule has 8 nitrogen and oxygen atoms in total. The number of hydrazone groups is 1. The average Bonchev–Trinajstić information content (AvgIpc) is 3.16. The Morgan fingerprint density at radius 3 is 2.45 bits per heavy atom. The molecule has 2 heterocycles. The van der Waals surface area contributed by atoms with Crippen molar-refractivity contribution in [3.63, 3.8) is 0 Å². The lowest BCUT2D eigenvalue weighted by Gasteiger charge is -2.09. The molecule has 0 saturated carbocycles. The lowest BCUT2D eigenvalue weighted by Crippen LogP contribution is -2.37. The van der Waals surface area contributed by atoms with E-state index in [9.17, 15) is 9.59 Å². The van der Waals surface area contributed by atoms with E-state index in [0.29, 0.717) is 23.7 Å². The zero-order valence-electron chi connectivity index (χ0n) is 18.5. The van der Waals surface area contributed by atoms with Crippen LogP contribution in [0, 0.1) is 6.92 Å². The Balaban J connectivity index is 1.75. The highest BCUT2D eigenvalue weighted by Crippen LogP contribution is 2.18. The average molecular weight is 507 g/mol. The molecule has 9 heteroatoms. The van der Waals surface area contributed by atoms with Crippen LogP contribution in [-0.2, 0) is 20.6 Å². The van der Waals surface area contributed by atoms with Crippen molar-refractivity contribution in [2.24, 2.45) is 19.2 Å². The van der Waals surface area contributed by atoms with Crippen molar-refractivity contribution in [3.05, 3.63) is 96.6 Å². The summed E-state index contributed by atoms with van der Waals surface area (Å²) < 4.78 is 4.95. The first kappa shape index (κ1) is 22.5. The molecule has 0 radical (unpaired) electrons. The van der Waals surface area contributed by atoms with Crippen LogP contribution < -0.4 is 16.7 Å². The maximum Gasteiger partial charge on any atom is 0.332 e. The number of allylic oxidation sites excluding steroid dienone is 1. The first-order valence-electron chi connectivity index (χ1n) is 10.3. The number of fused-ring (bicyclic) bond motifs is 1. The molecule has 0 spiro atoms. The first-order chi connectivity index (χ1) is 15.8. The molecular weight excluding hydrogens is 484 g/mol. The second kappa shape index (κ2) is 9.41. The topological polar surface area (TPSA) is 86.2 Å². The Labute approximate surface area is 198 Å². The van der Waals surface area contributed by atoms with Gasteiger partial charge in [0.15, 0.2) is 11.2 Å². The van der Waals surface area contributed by atoms with Gasteiger partial charge in [-0.3, -0.25) is 18.5 Å². The van der Waals surface area contributed by atoms with E-state index >= 15 is 0 Å². The van der Waals surface area contributed by atoms with Gasteiger partial charge in [0, 0.05) is 18.6 Å². The van der Waals surface area contributed by atoms with Crippen molar-refractivity contribution in [1.82, 2.24) is 18.7 Å². The van der Waals surface area contributed by atoms with E-state index in [-0.39, 0.29) is 0 Å². The molecule has 168 valence electrons. The number of benzene rings is 2. The Morgan fingerprint density at radius 1 is 1.06 bits per heavy atom. The SMILES string of the molecule is Cc1ccc(Cn2c(N/N=C\C(Br)=C/c3ccccc3)nc3c2c(=O)n(C)c(=O)n3C)cc1. The third-order valence-electron chi connectivity index (χ3n) is 5.27. The van der Waals surface area contributed by atoms with Gasteiger partial charge in [-0.2, -0.15) is 10.1 Å². The molecule has 2 aromatic carbocycles. The van der Waals surface area contributed by atoms with Crippen molar-refractivity contribution in [2.75, 3.05) is 5.43 Å². The third kappa shape index (κ3) is 4.73.